The summed E-state index contributed by atoms with van der Waals surface area (Å²) >= 11 is 1.42. The molecule has 0 spiro atoms. The predicted octanol–water partition coefficient (Wildman–Crippen LogP) is 0.874. The molecule has 0 saturated carbocycles. The highest BCUT2D eigenvalue weighted by Gasteiger charge is 2.17. The van der Waals surface area contributed by atoms with Gasteiger partial charge in [0.05, 0.1) is 9.79 Å². The molecule has 0 aliphatic heterocycles. The van der Waals surface area contributed by atoms with E-state index in [2.05, 4.69) is 4.72 Å². The Labute approximate surface area is 121 Å². The maximum absolute atomic E-state index is 12.1. The van der Waals surface area contributed by atoms with Gasteiger partial charge in [-0.15, -0.1) is 11.3 Å². The molecule has 0 radical (unpaired) electrons. The van der Waals surface area contributed by atoms with Gasteiger partial charge in [-0.05, 0) is 29.6 Å². The standard InChI is InChI=1S/C11H12N2O4S3/c12-19(14,15)10-4-1-5-11(7-10)20(16,17)13-8-9-3-2-6-18-9/h1-7,13H,8H2,(H2,12,14,15). The fourth-order valence-corrected chi connectivity index (χ4v) is 3.90. The number of thiophene rings is 1. The Kier molecular flexibility index (Phi) is 4.25. The van der Waals surface area contributed by atoms with E-state index >= 15 is 0 Å². The van der Waals surface area contributed by atoms with Crippen molar-refractivity contribution >= 4 is 31.4 Å². The molecular formula is C11H12N2O4S3. The number of nitrogens with two attached hydrogens (primary N) is 1. The summed E-state index contributed by atoms with van der Waals surface area (Å²) in [7, 11) is -7.72. The molecule has 2 rings (SSSR count). The summed E-state index contributed by atoms with van der Waals surface area (Å²) in [5.41, 5.74) is 0. The smallest absolute Gasteiger partial charge is 0.225 e. The Morgan fingerprint density at radius 1 is 1.05 bits per heavy atom. The van der Waals surface area contributed by atoms with Gasteiger partial charge in [0, 0.05) is 11.4 Å². The molecule has 3 N–H and O–H groups in total. The lowest BCUT2D eigenvalue weighted by Gasteiger charge is -2.07. The lowest BCUT2D eigenvalue weighted by atomic mass is 10.4. The Hall–Kier alpha value is -1.26. The molecule has 0 aliphatic carbocycles. The molecular weight excluding hydrogens is 320 g/mol. The van der Waals surface area contributed by atoms with Gasteiger partial charge in [-0.3, -0.25) is 0 Å². The van der Waals surface area contributed by atoms with E-state index in [1.54, 1.807) is 6.07 Å². The fraction of sp³-hybridized carbons (Fsp3) is 0.0909. The van der Waals surface area contributed by atoms with Crippen LogP contribution in [0.1, 0.15) is 4.88 Å². The second kappa shape index (κ2) is 5.62. The predicted molar refractivity (Wildman–Crippen MR) is 76.2 cm³/mol. The Morgan fingerprint density at radius 3 is 2.35 bits per heavy atom. The average Bonchev–Trinajstić information content (AvgIpc) is 2.89. The van der Waals surface area contributed by atoms with Gasteiger partial charge in [-0.1, -0.05) is 12.1 Å². The van der Waals surface area contributed by atoms with Gasteiger partial charge in [0.15, 0.2) is 0 Å². The summed E-state index contributed by atoms with van der Waals surface area (Å²) in [4.78, 5) is 0.480. The van der Waals surface area contributed by atoms with Crippen molar-refractivity contribution in [2.75, 3.05) is 0 Å². The summed E-state index contributed by atoms with van der Waals surface area (Å²) in [5, 5.41) is 6.82. The third-order valence-electron chi connectivity index (χ3n) is 2.46. The quantitative estimate of drug-likeness (QED) is 0.847. The largest absolute Gasteiger partial charge is 0.240 e. The van der Waals surface area contributed by atoms with Crippen molar-refractivity contribution in [2.45, 2.75) is 16.3 Å². The first-order chi connectivity index (χ1) is 9.29. The van der Waals surface area contributed by atoms with Crippen LogP contribution in [0.15, 0.2) is 51.6 Å². The molecule has 0 fully saturated rings. The fourth-order valence-electron chi connectivity index (χ4n) is 1.48. The molecule has 0 amide bonds. The van der Waals surface area contributed by atoms with Crippen molar-refractivity contribution in [3.05, 3.63) is 46.7 Å². The van der Waals surface area contributed by atoms with Crippen LogP contribution < -0.4 is 9.86 Å². The lowest BCUT2D eigenvalue weighted by molar-refractivity contribution is 0.581. The normalized spacial score (nSPS) is 12.4. The van der Waals surface area contributed by atoms with E-state index in [4.69, 9.17) is 5.14 Å². The van der Waals surface area contributed by atoms with Crippen molar-refractivity contribution in [1.82, 2.24) is 4.72 Å². The zero-order chi connectivity index (χ0) is 14.8. The molecule has 2 aromatic rings. The van der Waals surface area contributed by atoms with E-state index < -0.39 is 20.0 Å². The van der Waals surface area contributed by atoms with Crippen molar-refractivity contribution in [2.24, 2.45) is 5.14 Å². The molecule has 1 aromatic heterocycles. The Bertz CT molecular complexity index is 796. The summed E-state index contributed by atoms with van der Waals surface area (Å²) in [6.07, 6.45) is 0. The van der Waals surface area contributed by atoms with Gasteiger partial charge in [0.25, 0.3) is 0 Å². The summed E-state index contributed by atoms with van der Waals surface area (Å²) in [5.74, 6) is 0. The van der Waals surface area contributed by atoms with E-state index in [-0.39, 0.29) is 16.3 Å². The van der Waals surface area contributed by atoms with Crippen molar-refractivity contribution in [1.29, 1.82) is 0 Å². The first-order valence-electron chi connectivity index (χ1n) is 5.44. The molecule has 0 unspecified atom stereocenters. The molecule has 0 saturated heterocycles. The zero-order valence-corrected chi connectivity index (χ0v) is 12.6. The zero-order valence-electron chi connectivity index (χ0n) is 10.2. The van der Waals surface area contributed by atoms with Crippen LogP contribution in [0.3, 0.4) is 0 Å². The minimum absolute atomic E-state index is 0.138. The molecule has 0 bridgehead atoms. The molecule has 9 heteroatoms. The minimum atomic E-state index is -3.93. The highest BCUT2D eigenvalue weighted by Crippen LogP contribution is 2.15. The van der Waals surface area contributed by atoms with Gasteiger partial charge < -0.3 is 0 Å². The van der Waals surface area contributed by atoms with Crippen LogP contribution in [0.25, 0.3) is 0 Å². The maximum atomic E-state index is 12.1. The maximum Gasteiger partial charge on any atom is 0.240 e. The van der Waals surface area contributed by atoms with Crippen LogP contribution >= 0.6 is 11.3 Å². The van der Waals surface area contributed by atoms with Crippen LogP contribution in [0.2, 0.25) is 0 Å². The summed E-state index contributed by atoms with van der Waals surface area (Å²) in [6.45, 7) is 0.152. The number of hydrogen-bond donors (Lipinski definition) is 2. The Balaban J connectivity index is 2.26. The second-order valence-corrected chi connectivity index (χ2v) is 8.28. The van der Waals surface area contributed by atoms with Crippen molar-refractivity contribution < 1.29 is 16.8 Å². The number of sulfonamides is 2. The highest BCUT2D eigenvalue weighted by molar-refractivity contribution is 7.90. The van der Waals surface area contributed by atoms with Gasteiger partial charge in [0.2, 0.25) is 20.0 Å². The van der Waals surface area contributed by atoms with Crippen LogP contribution in [0.4, 0.5) is 0 Å². The van der Waals surface area contributed by atoms with Gasteiger partial charge >= 0.3 is 0 Å². The van der Waals surface area contributed by atoms with Crippen LogP contribution in [-0.2, 0) is 26.6 Å². The van der Waals surface area contributed by atoms with E-state index in [1.807, 2.05) is 11.4 Å². The average molecular weight is 332 g/mol. The highest BCUT2D eigenvalue weighted by atomic mass is 32.2. The van der Waals surface area contributed by atoms with E-state index in [0.29, 0.717) is 0 Å². The molecule has 20 heavy (non-hydrogen) atoms. The van der Waals surface area contributed by atoms with Crippen molar-refractivity contribution in [3.8, 4) is 0 Å². The van der Waals surface area contributed by atoms with Gasteiger partial charge in [-0.25, -0.2) is 26.7 Å². The minimum Gasteiger partial charge on any atom is -0.225 e. The molecule has 1 heterocycles. The van der Waals surface area contributed by atoms with E-state index in [9.17, 15) is 16.8 Å². The number of nitrogens with one attached hydrogen (secondary N) is 1. The number of primary sulfonamides is 1. The van der Waals surface area contributed by atoms with Crippen molar-refractivity contribution in [3.63, 3.8) is 0 Å². The Morgan fingerprint density at radius 2 is 1.75 bits per heavy atom. The SMILES string of the molecule is NS(=O)(=O)c1cccc(S(=O)(=O)NCc2cccs2)c1. The van der Waals surface area contributed by atoms with Crippen LogP contribution in [0, 0.1) is 0 Å². The van der Waals surface area contributed by atoms with Gasteiger partial charge in [-0.2, -0.15) is 0 Å². The topological polar surface area (TPSA) is 106 Å². The van der Waals surface area contributed by atoms with E-state index in [1.165, 1.54) is 29.5 Å². The molecule has 6 nitrogen and oxygen atoms in total. The number of rotatable bonds is 5. The first-order valence-corrected chi connectivity index (χ1v) is 9.35. The van der Waals surface area contributed by atoms with E-state index in [0.717, 1.165) is 10.9 Å². The molecule has 0 aliphatic rings. The summed E-state index contributed by atoms with van der Waals surface area (Å²) < 4.78 is 49.0. The van der Waals surface area contributed by atoms with Gasteiger partial charge in [0.1, 0.15) is 0 Å². The molecule has 108 valence electrons. The first kappa shape index (κ1) is 15.1. The number of hydrogen-bond acceptors (Lipinski definition) is 5. The summed E-state index contributed by atoms with van der Waals surface area (Å²) in [6, 6.07) is 8.54. The lowest BCUT2D eigenvalue weighted by Crippen LogP contribution is -2.23. The van der Waals surface area contributed by atoms with Crippen LogP contribution in [-0.4, -0.2) is 16.8 Å². The molecule has 0 atom stereocenters. The third-order valence-corrected chi connectivity index (χ3v) is 5.65. The second-order valence-electron chi connectivity index (χ2n) is 3.92. The molecule has 1 aromatic carbocycles. The van der Waals surface area contributed by atoms with Crippen LogP contribution in [0.5, 0.6) is 0 Å². The third kappa shape index (κ3) is 3.64. The number of benzene rings is 1. The monoisotopic (exact) mass is 332 g/mol.